The first kappa shape index (κ1) is 20.2. The summed E-state index contributed by atoms with van der Waals surface area (Å²) in [6.07, 6.45) is 0.0540. The summed E-state index contributed by atoms with van der Waals surface area (Å²) < 4.78 is 28.1. The number of halogens is 1. The predicted molar refractivity (Wildman–Crippen MR) is 108 cm³/mol. The number of nitrogens with zero attached hydrogens (tertiary/aromatic N) is 1. The Morgan fingerprint density at radius 3 is 2.40 bits per heavy atom. The molecule has 1 fully saturated rings. The zero-order valence-corrected chi connectivity index (χ0v) is 17.6. The highest BCUT2D eigenvalue weighted by Gasteiger charge is 2.44. The maximum atomic E-state index is 12.8. The molecule has 11 heteroatoms. The molecule has 4 rings (SSSR count). The van der Waals surface area contributed by atoms with Crippen LogP contribution in [0.4, 0.5) is 5.69 Å². The van der Waals surface area contributed by atoms with Gasteiger partial charge in [0.25, 0.3) is 21.8 Å². The maximum absolute atomic E-state index is 12.8. The summed E-state index contributed by atoms with van der Waals surface area (Å²) in [5.41, 5.74) is 0.140. The number of anilines is 1. The van der Waals surface area contributed by atoms with Crippen LogP contribution in [0.5, 0.6) is 0 Å². The summed E-state index contributed by atoms with van der Waals surface area (Å²) in [6.45, 7) is 0. The molecule has 0 aliphatic carbocycles. The molecule has 2 aromatic carbocycles. The molecule has 0 bridgehead atoms. The van der Waals surface area contributed by atoms with Gasteiger partial charge in [-0.2, -0.15) is 0 Å². The van der Waals surface area contributed by atoms with Crippen molar-refractivity contribution in [1.29, 1.82) is 0 Å². The second-order valence-electron chi connectivity index (χ2n) is 6.74. The summed E-state index contributed by atoms with van der Waals surface area (Å²) >= 11 is 3.19. The van der Waals surface area contributed by atoms with E-state index >= 15 is 0 Å². The molecule has 2 aliphatic rings. The Hall–Kier alpha value is -3.05. The number of amides is 4. The minimum Gasteiger partial charge on any atom is -0.295 e. The van der Waals surface area contributed by atoms with Gasteiger partial charge in [0.15, 0.2) is 0 Å². The van der Waals surface area contributed by atoms with E-state index in [4.69, 9.17) is 0 Å². The topological polar surface area (TPSA) is 130 Å². The second kappa shape index (κ2) is 7.33. The SMILES string of the molecule is O=C1CCC(N2C(=O)c3ccc(NS(=O)(=O)c4ccccc4Br)cc3C2=O)C(=O)N1. The van der Waals surface area contributed by atoms with Crippen molar-refractivity contribution in [2.24, 2.45) is 0 Å². The Bertz CT molecular complexity index is 1230. The van der Waals surface area contributed by atoms with Crippen molar-refractivity contribution < 1.29 is 27.6 Å². The highest BCUT2D eigenvalue weighted by Crippen LogP contribution is 2.31. The molecule has 0 aromatic heterocycles. The quantitative estimate of drug-likeness (QED) is 0.625. The fraction of sp³-hybridized carbons (Fsp3) is 0.158. The van der Waals surface area contributed by atoms with Gasteiger partial charge in [0.1, 0.15) is 10.9 Å². The number of rotatable bonds is 4. The first-order chi connectivity index (χ1) is 14.2. The molecule has 0 spiro atoms. The third kappa shape index (κ3) is 3.39. The van der Waals surface area contributed by atoms with E-state index in [1.165, 1.54) is 24.3 Å². The second-order valence-corrected chi connectivity index (χ2v) is 9.25. The van der Waals surface area contributed by atoms with Gasteiger partial charge in [-0.1, -0.05) is 12.1 Å². The highest BCUT2D eigenvalue weighted by molar-refractivity contribution is 9.10. The minimum absolute atomic E-state index is 0.0121. The van der Waals surface area contributed by atoms with Crippen molar-refractivity contribution in [3.63, 3.8) is 0 Å². The van der Waals surface area contributed by atoms with Gasteiger partial charge in [-0.3, -0.25) is 34.1 Å². The molecule has 0 radical (unpaired) electrons. The first-order valence-corrected chi connectivity index (χ1v) is 11.1. The Balaban J connectivity index is 1.63. The molecule has 2 aromatic rings. The van der Waals surface area contributed by atoms with Gasteiger partial charge in [0.2, 0.25) is 11.8 Å². The number of imide groups is 2. The Morgan fingerprint density at radius 2 is 1.70 bits per heavy atom. The van der Waals surface area contributed by atoms with Crippen LogP contribution in [-0.4, -0.2) is 43.0 Å². The normalized spacial score (nSPS) is 19.0. The molecule has 0 saturated carbocycles. The van der Waals surface area contributed by atoms with Gasteiger partial charge in [-0.25, -0.2) is 8.42 Å². The zero-order chi connectivity index (χ0) is 21.6. The molecule has 30 heavy (non-hydrogen) atoms. The van der Waals surface area contributed by atoms with Crippen LogP contribution in [0.3, 0.4) is 0 Å². The molecule has 154 valence electrons. The molecule has 2 N–H and O–H groups in total. The highest BCUT2D eigenvalue weighted by atomic mass is 79.9. The summed E-state index contributed by atoms with van der Waals surface area (Å²) in [4.78, 5) is 49.8. The van der Waals surface area contributed by atoms with E-state index in [0.29, 0.717) is 4.47 Å². The number of benzene rings is 2. The van der Waals surface area contributed by atoms with Crippen molar-refractivity contribution >= 4 is 55.3 Å². The van der Waals surface area contributed by atoms with Crippen molar-refractivity contribution in [2.45, 2.75) is 23.8 Å². The fourth-order valence-electron chi connectivity index (χ4n) is 3.41. The smallest absolute Gasteiger partial charge is 0.263 e. The molecular weight excluding hydrogens is 478 g/mol. The number of fused-ring (bicyclic) bond motifs is 1. The Kier molecular flexibility index (Phi) is 4.94. The standard InChI is InChI=1S/C19H14BrN3O6S/c20-13-3-1-2-4-15(13)30(28,29)22-10-5-6-11-12(9-10)19(27)23(18(11)26)14-7-8-16(24)21-17(14)25/h1-6,9,14,22H,7-8H2,(H,21,24,25). The number of piperidine rings is 1. The zero-order valence-electron chi connectivity index (χ0n) is 15.2. The monoisotopic (exact) mass is 491 g/mol. The van der Waals surface area contributed by atoms with E-state index in [9.17, 15) is 27.6 Å². The van der Waals surface area contributed by atoms with Gasteiger partial charge >= 0.3 is 0 Å². The van der Waals surface area contributed by atoms with E-state index < -0.39 is 39.7 Å². The van der Waals surface area contributed by atoms with Crippen LogP contribution in [-0.2, 0) is 19.6 Å². The predicted octanol–water partition coefficient (Wildman–Crippen LogP) is 1.65. The third-order valence-corrected chi connectivity index (χ3v) is 7.21. The molecule has 1 saturated heterocycles. The van der Waals surface area contributed by atoms with Gasteiger partial charge in [0, 0.05) is 16.6 Å². The van der Waals surface area contributed by atoms with E-state index in [0.717, 1.165) is 4.90 Å². The molecule has 2 heterocycles. The van der Waals surface area contributed by atoms with Crippen LogP contribution in [0.15, 0.2) is 51.8 Å². The van der Waals surface area contributed by atoms with Crippen LogP contribution < -0.4 is 10.0 Å². The molecule has 4 amide bonds. The van der Waals surface area contributed by atoms with Crippen LogP contribution in [0, 0.1) is 0 Å². The first-order valence-electron chi connectivity index (χ1n) is 8.82. The summed E-state index contributed by atoms with van der Waals surface area (Å²) in [5.74, 6) is -2.55. The van der Waals surface area contributed by atoms with Crippen molar-refractivity contribution in [3.05, 3.63) is 58.1 Å². The lowest BCUT2D eigenvalue weighted by Crippen LogP contribution is -2.54. The number of hydrogen-bond acceptors (Lipinski definition) is 6. The van der Waals surface area contributed by atoms with Crippen LogP contribution >= 0.6 is 15.9 Å². The Morgan fingerprint density at radius 1 is 1.00 bits per heavy atom. The van der Waals surface area contributed by atoms with E-state index in [2.05, 4.69) is 26.0 Å². The van der Waals surface area contributed by atoms with Gasteiger partial charge < -0.3 is 0 Å². The average Bonchev–Trinajstić information content (AvgIpc) is 2.92. The van der Waals surface area contributed by atoms with Crippen LogP contribution in [0.2, 0.25) is 0 Å². The van der Waals surface area contributed by atoms with Crippen molar-refractivity contribution in [3.8, 4) is 0 Å². The van der Waals surface area contributed by atoms with E-state index in [1.54, 1.807) is 18.2 Å². The largest absolute Gasteiger partial charge is 0.295 e. The molecule has 9 nitrogen and oxygen atoms in total. The Labute approximate surface area is 179 Å². The lowest BCUT2D eigenvalue weighted by atomic mass is 10.0. The number of carbonyl (C=O) groups excluding carboxylic acids is 4. The van der Waals surface area contributed by atoms with Gasteiger partial charge in [0.05, 0.1) is 11.1 Å². The number of sulfonamides is 1. The van der Waals surface area contributed by atoms with E-state index in [-0.39, 0.29) is 34.6 Å². The fourth-order valence-corrected chi connectivity index (χ4v) is 5.46. The van der Waals surface area contributed by atoms with Crippen molar-refractivity contribution in [2.75, 3.05) is 4.72 Å². The maximum Gasteiger partial charge on any atom is 0.263 e. The molecular formula is C19H14BrN3O6S. The molecule has 1 atom stereocenters. The summed E-state index contributed by atoms with van der Waals surface area (Å²) in [7, 11) is -3.95. The molecule has 2 aliphatic heterocycles. The molecule has 1 unspecified atom stereocenters. The van der Waals surface area contributed by atoms with Gasteiger partial charge in [-0.05, 0) is 52.7 Å². The van der Waals surface area contributed by atoms with Gasteiger partial charge in [-0.15, -0.1) is 0 Å². The number of nitrogens with one attached hydrogen (secondary N) is 2. The lowest BCUT2D eigenvalue weighted by Gasteiger charge is -2.27. The summed E-state index contributed by atoms with van der Waals surface area (Å²) in [6, 6.07) is 9.11. The number of carbonyl (C=O) groups is 4. The number of hydrogen-bond donors (Lipinski definition) is 2. The van der Waals surface area contributed by atoms with Crippen LogP contribution in [0.25, 0.3) is 0 Å². The third-order valence-electron chi connectivity index (χ3n) is 4.82. The minimum atomic E-state index is -3.95. The average molecular weight is 492 g/mol. The van der Waals surface area contributed by atoms with Crippen LogP contribution in [0.1, 0.15) is 33.6 Å². The lowest BCUT2D eigenvalue weighted by molar-refractivity contribution is -0.136. The van der Waals surface area contributed by atoms with E-state index in [1.807, 2.05) is 0 Å². The van der Waals surface area contributed by atoms with Crippen molar-refractivity contribution in [1.82, 2.24) is 10.2 Å². The summed E-state index contributed by atoms with van der Waals surface area (Å²) in [5, 5.41) is 2.12.